The lowest BCUT2D eigenvalue weighted by Crippen LogP contribution is -2.14. The van der Waals surface area contributed by atoms with Crippen LogP contribution in [0.5, 0.6) is 0 Å². The van der Waals surface area contributed by atoms with Gasteiger partial charge >= 0.3 is 6.18 Å². The smallest absolute Gasteiger partial charge is 0.354 e. The zero-order chi connectivity index (χ0) is 20.1. The van der Waals surface area contributed by atoms with Crippen molar-refractivity contribution in [2.45, 2.75) is 6.18 Å². The lowest BCUT2D eigenvalue weighted by molar-refractivity contribution is -0.137. The van der Waals surface area contributed by atoms with Crippen molar-refractivity contribution in [1.82, 2.24) is 4.98 Å². The van der Waals surface area contributed by atoms with Gasteiger partial charge in [-0.1, -0.05) is 6.07 Å². The molecule has 28 heavy (non-hydrogen) atoms. The van der Waals surface area contributed by atoms with Gasteiger partial charge in [-0.25, -0.2) is 4.98 Å². The minimum atomic E-state index is -4.49. The van der Waals surface area contributed by atoms with Gasteiger partial charge in [0.05, 0.1) is 29.1 Å². The first-order valence-electron chi connectivity index (χ1n) is 8.07. The zero-order valence-corrected chi connectivity index (χ0v) is 14.3. The fourth-order valence-electron chi connectivity index (χ4n) is 2.37. The molecule has 3 aromatic rings. The first kappa shape index (κ1) is 18.9. The second-order valence-electron chi connectivity index (χ2n) is 5.78. The Kier molecular flexibility index (Phi) is 5.27. The Morgan fingerprint density at radius 2 is 1.68 bits per heavy atom. The van der Waals surface area contributed by atoms with Gasteiger partial charge in [0.2, 0.25) is 0 Å². The van der Waals surface area contributed by atoms with Crippen molar-refractivity contribution < 1.29 is 18.0 Å². The summed E-state index contributed by atoms with van der Waals surface area (Å²) in [4.78, 5) is 16.2. The molecule has 3 rings (SSSR count). The molecule has 8 heteroatoms. The summed E-state index contributed by atoms with van der Waals surface area (Å²) in [6, 6.07) is 16.2. The third kappa shape index (κ3) is 4.65. The second-order valence-corrected chi connectivity index (χ2v) is 5.78. The molecule has 0 saturated carbocycles. The molecule has 0 fully saturated rings. The quantitative estimate of drug-likeness (QED) is 0.668. The highest BCUT2D eigenvalue weighted by molar-refractivity contribution is 6.03. The van der Waals surface area contributed by atoms with Crippen molar-refractivity contribution in [2.24, 2.45) is 0 Å². The molecular weight excluding hydrogens is 369 g/mol. The van der Waals surface area contributed by atoms with E-state index in [2.05, 4.69) is 15.6 Å². The third-order valence-corrected chi connectivity index (χ3v) is 3.75. The van der Waals surface area contributed by atoms with Gasteiger partial charge in [-0.2, -0.15) is 18.4 Å². The largest absolute Gasteiger partial charge is 0.416 e. The van der Waals surface area contributed by atoms with Crippen LogP contribution < -0.4 is 10.6 Å². The van der Waals surface area contributed by atoms with Gasteiger partial charge < -0.3 is 10.6 Å². The van der Waals surface area contributed by atoms with Crippen LogP contribution in [0.3, 0.4) is 0 Å². The third-order valence-electron chi connectivity index (χ3n) is 3.75. The van der Waals surface area contributed by atoms with Gasteiger partial charge in [0.15, 0.2) is 0 Å². The van der Waals surface area contributed by atoms with E-state index in [-0.39, 0.29) is 11.4 Å². The van der Waals surface area contributed by atoms with E-state index in [4.69, 9.17) is 5.26 Å². The van der Waals surface area contributed by atoms with E-state index in [1.165, 1.54) is 24.4 Å². The average molecular weight is 382 g/mol. The predicted molar refractivity (Wildman–Crippen MR) is 98.1 cm³/mol. The number of rotatable bonds is 4. The number of hydrogen-bond donors (Lipinski definition) is 2. The van der Waals surface area contributed by atoms with Gasteiger partial charge in [-0.3, -0.25) is 4.79 Å². The average Bonchev–Trinajstić information content (AvgIpc) is 2.69. The van der Waals surface area contributed by atoms with Crippen molar-refractivity contribution in [3.63, 3.8) is 0 Å². The summed E-state index contributed by atoms with van der Waals surface area (Å²) in [7, 11) is 0. The lowest BCUT2D eigenvalue weighted by Gasteiger charge is -2.10. The number of alkyl halides is 3. The fourth-order valence-corrected chi connectivity index (χ4v) is 2.37. The van der Waals surface area contributed by atoms with Gasteiger partial charge in [0.1, 0.15) is 5.69 Å². The molecule has 2 N–H and O–H groups in total. The predicted octanol–water partition coefficient (Wildman–Crippen LogP) is 4.97. The Morgan fingerprint density at radius 1 is 0.964 bits per heavy atom. The lowest BCUT2D eigenvalue weighted by atomic mass is 10.2. The number of anilines is 3. The number of carbonyl (C=O) groups excluding carboxylic acids is 1. The van der Waals surface area contributed by atoms with E-state index in [1.54, 1.807) is 30.3 Å². The summed E-state index contributed by atoms with van der Waals surface area (Å²) in [5.41, 5.74) is 1.12. The van der Waals surface area contributed by atoms with Crippen LogP contribution in [0, 0.1) is 11.3 Å². The van der Waals surface area contributed by atoms with Crippen LogP contribution >= 0.6 is 0 Å². The minimum absolute atomic E-state index is 0.0291. The van der Waals surface area contributed by atoms with E-state index in [0.29, 0.717) is 11.3 Å². The van der Waals surface area contributed by atoms with Crippen molar-refractivity contribution in [3.8, 4) is 6.07 Å². The maximum Gasteiger partial charge on any atom is 0.416 e. The highest BCUT2D eigenvalue weighted by Gasteiger charge is 2.30. The Hall–Kier alpha value is -3.86. The summed E-state index contributed by atoms with van der Waals surface area (Å²) in [5.74, 6) is -0.621. The molecule has 140 valence electrons. The van der Waals surface area contributed by atoms with E-state index < -0.39 is 17.6 Å². The summed E-state index contributed by atoms with van der Waals surface area (Å²) in [6.07, 6.45) is -3.06. The van der Waals surface area contributed by atoms with Crippen LogP contribution in [0.15, 0.2) is 66.9 Å². The molecule has 0 aliphatic carbocycles. The van der Waals surface area contributed by atoms with Crippen LogP contribution in [0.1, 0.15) is 21.6 Å². The van der Waals surface area contributed by atoms with Crippen LogP contribution in [-0.4, -0.2) is 10.9 Å². The fraction of sp³-hybridized carbons (Fsp3) is 0.0500. The number of amides is 1. The van der Waals surface area contributed by atoms with Crippen LogP contribution in [0.2, 0.25) is 0 Å². The molecule has 0 aliphatic rings. The summed E-state index contributed by atoms with van der Waals surface area (Å²) < 4.78 is 38.2. The van der Waals surface area contributed by atoms with Gasteiger partial charge in [0.25, 0.3) is 5.91 Å². The van der Waals surface area contributed by atoms with Crippen molar-refractivity contribution in [1.29, 1.82) is 5.26 Å². The van der Waals surface area contributed by atoms with E-state index in [1.807, 2.05) is 6.07 Å². The molecule has 0 atom stereocenters. The standard InChI is InChI=1S/C20H13F3N4O/c21-20(22,23)14-2-1-3-16(10-14)27-19(28)18-9-8-17(12-25-18)26-15-6-4-13(11-24)5-7-15/h1-10,12,26H,(H,27,28). The molecule has 0 bridgehead atoms. The normalized spacial score (nSPS) is 10.8. The van der Waals surface area contributed by atoms with Gasteiger partial charge in [-0.15, -0.1) is 0 Å². The van der Waals surface area contributed by atoms with Crippen LogP contribution in [0.25, 0.3) is 0 Å². The maximum absolute atomic E-state index is 12.7. The Balaban J connectivity index is 1.67. The monoisotopic (exact) mass is 382 g/mol. The molecule has 0 unspecified atom stereocenters. The van der Waals surface area contributed by atoms with Crippen molar-refractivity contribution in [2.75, 3.05) is 10.6 Å². The molecule has 5 nitrogen and oxygen atoms in total. The molecule has 1 aromatic heterocycles. The summed E-state index contributed by atoms with van der Waals surface area (Å²) in [6.45, 7) is 0. The highest BCUT2D eigenvalue weighted by Crippen LogP contribution is 2.30. The summed E-state index contributed by atoms with van der Waals surface area (Å²) in [5, 5.41) is 14.3. The molecule has 1 amide bonds. The molecule has 0 aliphatic heterocycles. The van der Waals surface area contributed by atoms with Crippen molar-refractivity contribution >= 4 is 23.0 Å². The van der Waals surface area contributed by atoms with Crippen LogP contribution in [-0.2, 0) is 6.18 Å². The number of benzene rings is 2. The highest BCUT2D eigenvalue weighted by atomic mass is 19.4. The zero-order valence-electron chi connectivity index (χ0n) is 14.3. The summed E-state index contributed by atoms with van der Waals surface area (Å²) >= 11 is 0. The Labute approximate surface area is 158 Å². The number of nitrogens with one attached hydrogen (secondary N) is 2. The van der Waals surface area contributed by atoms with Gasteiger partial charge in [-0.05, 0) is 54.6 Å². The Bertz CT molecular complexity index is 1020. The van der Waals surface area contributed by atoms with E-state index in [0.717, 1.165) is 17.8 Å². The molecule has 1 heterocycles. The molecule has 2 aromatic carbocycles. The first-order valence-corrected chi connectivity index (χ1v) is 8.07. The number of nitriles is 1. The Morgan fingerprint density at radius 3 is 2.29 bits per heavy atom. The number of halogens is 3. The molecular formula is C20H13F3N4O. The number of pyridine rings is 1. The van der Waals surface area contributed by atoms with Gasteiger partial charge in [0, 0.05) is 11.4 Å². The van der Waals surface area contributed by atoms with Crippen molar-refractivity contribution in [3.05, 3.63) is 83.7 Å². The number of hydrogen-bond acceptors (Lipinski definition) is 4. The topological polar surface area (TPSA) is 77.8 Å². The first-order chi connectivity index (χ1) is 13.3. The van der Waals surface area contributed by atoms with E-state index >= 15 is 0 Å². The minimum Gasteiger partial charge on any atom is -0.354 e. The number of aromatic nitrogens is 1. The number of nitrogens with zero attached hydrogens (tertiary/aromatic N) is 2. The van der Waals surface area contributed by atoms with E-state index in [9.17, 15) is 18.0 Å². The SMILES string of the molecule is N#Cc1ccc(Nc2ccc(C(=O)Nc3cccc(C(F)(F)F)c3)nc2)cc1. The van der Waals surface area contributed by atoms with Crippen LogP contribution in [0.4, 0.5) is 30.2 Å². The maximum atomic E-state index is 12.7. The molecule has 0 radical (unpaired) electrons. The number of carbonyl (C=O) groups is 1. The molecule has 0 spiro atoms. The molecule has 0 saturated heterocycles. The second kappa shape index (κ2) is 7.80.